The fraction of sp³-hybridized carbons (Fsp3) is 0.636. The number of halogens is 1. The van der Waals surface area contributed by atoms with Crippen molar-refractivity contribution in [3.8, 4) is 0 Å². The molecule has 1 atom stereocenters. The van der Waals surface area contributed by atoms with Crippen molar-refractivity contribution >= 4 is 12.4 Å². The Morgan fingerprint density at radius 2 is 2.00 bits per heavy atom. The van der Waals surface area contributed by atoms with Crippen molar-refractivity contribution in [2.24, 2.45) is 5.73 Å². The molecule has 0 aliphatic rings. The van der Waals surface area contributed by atoms with Crippen LogP contribution in [0.15, 0.2) is 4.79 Å². The quantitative estimate of drug-likeness (QED) is 0.851. The minimum atomic E-state index is -0.559. The second-order valence-corrected chi connectivity index (χ2v) is 4.11. The molecule has 1 aromatic rings. The first kappa shape index (κ1) is 15.1. The van der Waals surface area contributed by atoms with Crippen LogP contribution in [0.5, 0.6) is 0 Å². The summed E-state index contributed by atoms with van der Waals surface area (Å²) >= 11 is 0. The minimum absolute atomic E-state index is 0. The lowest BCUT2D eigenvalue weighted by Crippen LogP contribution is -2.37. The Kier molecular flexibility index (Phi) is 5.16. The molecule has 92 valence electrons. The summed E-state index contributed by atoms with van der Waals surface area (Å²) in [4.78, 5) is 18.8. The van der Waals surface area contributed by atoms with E-state index in [1.165, 1.54) is 0 Å². The molecule has 1 heterocycles. The van der Waals surface area contributed by atoms with Gasteiger partial charge in [0.05, 0.1) is 11.2 Å². The number of hydrogen-bond acceptors (Lipinski definition) is 3. The summed E-state index contributed by atoms with van der Waals surface area (Å²) in [6.07, 6.45) is 1.49. The Morgan fingerprint density at radius 3 is 2.44 bits per heavy atom. The first-order valence-corrected chi connectivity index (χ1v) is 5.31. The zero-order valence-electron chi connectivity index (χ0n) is 10.3. The monoisotopic (exact) mass is 245 g/mol. The molecular weight excluding hydrogens is 226 g/mol. The molecule has 0 saturated heterocycles. The molecule has 5 heteroatoms. The molecule has 0 aliphatic heterocycles. The van der Waals surface area contributed by atoms with Gasteiger partial charge in [0, 0.05) is 5.56 Å². The van der Waals surface area contributed by atoms with Gasteiger partial charge in [-0.15, -0.1) is 12.4 Å². The molecule has 0 amide bonds. The lowest BCUT2D eigenvalue weighted by atomic mass is 9.99. The van der Waals surface area contributed by atoms with E-state index >= 15 is 0 Å². The SMILES string of the molecule is CCc1nc(C(C)(N)CC)[nH]c(=O)c1C.Cl. The van der Waals surface area contributed by atoms with Crippen LogP contribution in [0.25, 0.3) is 0 Å². The van der Waals surface area contributed by atoms with Crippen molar-refractivity contribution in [3.63, 3.8) is 0 Å². The van der Waals surface area contributed by atoms with Gasteiger partial charge in [-0.3, -0.25) is 4.79 Å². The van der Waals surface area contributed by atoms with E-state index in [0.29, 0.717) is 11.4 Å². The largest absolute Gasteiger partial charge is 0.319 e. The summed E-state index contributed by atoms with van der Waals surface area (Å²) in [6.45, 7) is 7.62. The Bertz CT molecular complexity index is 412. The molecule has 0 bridgehead atoms. The summed E-state index contributed by atoms with van der Waals surface area (Å²) in [6, 6.07) is 0. The number of H-pyrrole nitrogens is 1. The van der Waals surface area contributed by atoms with Crippen LogP contribution >= 0.6 is 12.4 Å². The normalized spacial score (nSPS) is 14.1. The molecule has 16 heavy (non-hydrogen) atoms. The third kappa shape index (κ3) is 2.83. The molecule has 1 unspecified atom stereocenters. The number of aromatic nitrogens is 2. The summed E-state index contributed by atoms with van der Waals surface area (Å²) in [7, 11) is 0. The average Bonchev–Trinajstić information content (AvgIpc) is 2.21. The molecule has 1 rings (SSSR count). The highest BCUT2D eigenvalue weighted by atomic mass is 35.5. The molecular formula is C11H20ClN3O. The number of nitrogens with one attached hydrogen (secondary N) is 1. The van der Waals surface area contributed by atoms with Gasteiger partial charge in [0.25, 0.3) is 5.56 Å². The van der Waals surface area contributed by atoms with E-state index < -0.39 is 5.54 Å². The van der Waals surface area contributed by atoms with Gasteiger partial charge in [0.15, 0.2) is 0 Å². The Balaban J connectivity index is 0.00000225. The first-order chi connectivity index (χ1) is 6.92. The highest BCUT2D eigenvalue weighted by Crippen LogP contribution is 2.16. The van der Waals surface area contributed by atoms with Gasteiger partial charge in [-0.2, -0.15) is 0 Å². The van der Waals surface area contributed by atoms with Gasteiger partial charge in [0.2, 0.25) is 0 Å². The standard InChI is InChI=1S/C11H19N3O.ClH/c1-5-8-7(3)9(15)14-10(13-8)11(4,12)6-2;/h5-6,12H2,1-4H3,(H,13,14,15);1H. The third-order valence-electron chi connectivity index (χ3n) is 2.86. The number of aromatic amines is 1. The fourth-order valence-corrected chi connectivity index (χ4v) is 1.36. The second kappa shape index (κ2) is 5.46. The van der Waals surface area contributed by atoms with Crippen LogP contribution in [-0.4, -0.2) is 9.97 Å². The van der Waals surface area contributed by atoms with Crippen molar-refractivity contribution in [3.05, 3.63) is 27.4 Å². The zero-order chi connectivity index (χ0) is 11.6. The summed E-state index contributed by atoms with van der Waals surface area (Å²) < 4.78 is 0. The van der Waals surface area contributed by atoms with Gasteiger partial charge >= 0.3 is 0 Å². The number of rotatable bonds is 3. The second-order valence-electron chi connectivity index (χ2n) is 4.11. The smallest absolute Gasteiger partial charge is 0.254 e. The molecule has 1 aromatic heterocycles. The maximum atomic E-state index is 11.6. The van der Waals surface area contributed by atoms with E-state index in [1.807, 2.05) is 20.8 Å². The van der Waals surface area contributed by atoms with E-state index in [1.54, 1.807) is 6.92 Å². The van der Waals surface area contributed by atoms with Crippen molar-refractivity contribution in [1.82, 2.24) is 9.97 Å². The number of aryl methyl sites for hydroxylation is 1. The number of nitrogens with zero attached hydrogens (tertiary/aromatic N) is 1. The van der Waals surface area contributed by atoms with Crippen molar-refractivity contribution in [1.29, 1.82) is 0 Å². The van der Waals surface area contributed by atoms with Crippen LogP contribution in [0.3, 0.4) is 0 Å². The van der Waals surface area contributed by atoms with Crippen LogP contribution in [0.2, 0.25) is 0 Å². The van der Waals surface area contributed by atoms with Crippen LogP contribution < -0.4 is 11.3 Å². The van der Waals surface area contributed by atoms with Gasteiger partial charge < -0.3 is 10.7 Å². The van der Waals surface area contributed by atoms with Crippen molar-refractivity contribution in [2.45, 2.75) is 46.1 Å². The maximum absolute atomic E-state index is 11.6. The number of nitrogens with two attached hydrogens (primary N) is 1. The van der Waals surface area contributed by atoms with E-state index in [9.17, 15) is 4.79 Å². The lowest BCUT2D eigenvalue weighted by molar-refractivity contribution is 0.441. The molecule has 0 radical (unpaired) electrons. The molecule has 0 aliphatic carbocycles. The molecule has 0 aromatic carbocycles. The molecule has 0 saturated carbocycles. The van der Waals surface area contributed by atoms with Gasteiger partial charge in [0.1, 0.15) is 5.82 Å². The highest BCUT2D eigenvalue weighted by Gasteiger charge is 2.22. The van der Waals surface area contributed by atoms with Gasteiger partial charge in [-0.05, 0) is 26.7 Å². The first-order valence-electron chi connectivity index (χ1n) is 5.31. The van der Waals surface area contributed by atoms with E-state index in [-0.39, 0.29) is 18.0 Å². The predicted molar refractivity (Wildman–Crippen MR) is 68.1 cm³/mol. The van der Waals surface area contributed by atoms with E-state index in [0.717, 1.165) is 18.5 Å². The molecule has 4 nitrogen and oxygen atoms in total. The van der Waals surface area contributed by atoms with Crippen LogP contribution in [0.1, 0.15) is 44.3 Å². The van der Waals surface area contributed by atoms with E-state index in [2.05, 4.69) is 9.97 Å². The summed E-state index contributed by atoms with van der Waals surface area (Å²) in [5.74, 6) is 0.581. The summed E-state index contributed by atoms with van der Waals surface area (Å²) in [5, 5.41) is 0. The van der Waals surface area contributed by atoms with Crippen LogP contribution in [0, 0.1) is 6.92 Å². The van der Waals surface area contributed by atoms with Crippen LogP contribution in [0.4, 0.5) is 0 Å². The summed E-state index contributed by atoms with van der Waals surface area (Å²) in [5.41, 5.74) is 6.93. The molecule has 3 N–H and O–H groups in total. The van der Waals surface area contributed by atoms with Gasteiger partial charge in [-0.25, -0.2) is 4.98 Å². The number of hydrogen-bond donors (Lipinski definition) is 2. The Morgan fingerprint density at radius 1 is 1.44 bits per heavy atom. The van der Waals surface area contributed by atoms with Crippen molar-refractivity contribution < 1.29 is 0 Å². The third-order valence-corrected chi connectivity index (χ3v) is 2.86. The highest BCUT2D eigenvalue weighted by molar-refractivity contribution is 5.85. The van der Waals surface area contributed by atoms with Gasteiger partial charge in [-0.1, -0.05) is 13.8 Å². The lowest BCUT2D eigenvalue weighted by Gasteiger charge is -2.22. The fourth-order valence-electron chi connectivity index (χ4n) is 1.36. The topological polar surface area (TPSA) is 71.8 Å². The maximum Gasteiger partial charge on any atom is 0.254 e. The Labute approximate surface area is 102 Å². The predicted octanol–water partition coefficient (Wildman–Crippen LogP) is 1.65. The van der Waals surface area contributed by atoms with Crippen LogP contribution in [-0.2, 0) is 12.0 Å². The van der Waals surface area contributed by atoms with E-state index in [4.69, 9.17) is 5.73 Å². The zero-order valence-corrected chi connectivity index (χ0v) is 11.1. The molecule has 0 spiro atoms. The Hall–Kier alpha value is -0.870. The molecule has 0 fully saturated rings. The average molecular weight is 246 g/mol. The van der Waals surface area contributed by atoms with Crippen molar-refractivity contribution in [2.75, 3.05) is 0 Å². The minimum Gasteiger partial charge on any atom is -0.319 e.